The molecule has 2 aromatic carbocycles. The second-order valence-electron chi connectivity index (χ2n) is 9.96. The number of ether oxygens (including phenoxy) is 1. The number of hydrogen-bond acceptors (Lipinski definition) is 5. The van der Waals surface area contributed by atoms with Crippen LogP contribution in [-0.4, -0.2) is 54.5 Å². The molecule has 1 aliphatic carbocycles. The van der Waals surface area contributed by atoms with Gasteiger partial charge in [-0.3, -0.25) is 9.59 Å². The van der Waals surface area contributed by atoms with Gasteiger partial charge in [-0.1, -0.05) is 54.6 Å². The molecule has 5 rings (SSSR count). The first-order valence-corrected chi connectivity index (χ1v) is 13.0. The molecular weight excluding hydrogens is 464 g/mol. The van der Waals surface area contributed by atoms with Crippen molar-refractivity contribution < 1.29 is 14.3 Å². The summed E-state index contributed by atoms with van der Waals surface area (Å²) in [4.78, 5) is 32.6. The van der Waals surface area contributed by atoms with E-state index in [4.69, 9.17) is 10.5 Å². The minimum Gasteiger partial charge on any atom is -0.480 e. The van der Waals surface area contributed by atoms with E-state index in [1.165, 1.54) is 18.2 Å². The van der Waals surface area contributed by atoms with Crippen LogP contribution in [0.5, 0.6) is 5.88 Å². The molecular formula is C30H34N4O3. The molecule has 0 saturated carbocycles. The van der Waals surface area contributed by atoms with Crippen LogP contribution in [-0.2, 0) is 10.2 Å². The summed E-state index contributed by atoms with van der Waals surface area (Å²) < 4.78 is 5.22. The summed E-state index contributed by atoms with van der Waals surface area (Å²) in [5.74, 6) is 0.109. The predicted molar refractivity (Wildman–Crippen MR) is 143 cm³/mol. The van der Waals surface area contributed by atoms with Gasteiger partial charge >= 0.3 is 0 Å². The van der Waals surface area contributed by atoms with E-state index in [9.17, 15) is 9.59 Å². The number of methoxy groups -OCH3 is 1. The Kier molecular flexibility index (Phi) is 7.24. The molecule has 2 heterocycles. The van der Waals surface area contributed by atoms with Gasteiger partial charge in [0, 0.05) is 37.3 Å². The summed E-state index contributed by atoms with van der Waals surface area (Å²) in [5.41, 5.74) is 10.0. The minimum atomic E-state index is -0.279. The quantitative estimate of drug-likeness (QED) is 0.541. The third-order valence-corrected chi connectivity index (χ3v) is 8.04. The van der Waals surface area contributed by atoms with Crippen LogP contribution in [0.4, 0.5) is 0 Å². The molecule has 2 atom stereocenters. The van der Waals surface area contributed by atoms with E-state index in [2.05, 4.69) is 46.7 Å². The van der Waals surface area contributed by atoms with Gasteiger partial charge < -0.3 is 20.7 Å². The lowest BCUT2D eigenvalue weighted by atomic mass is 9.63. The van der Waals surface area contributed by atoms with Crippen molar-refractivity contribution in [2.75, 3.05) is 26.7 Å². The molecule has 0 bridgehead atoms. The Morgan fingerprint density at radius 2 is 1.76 bits per heavy atom. The molecule has 1 fully saturated rings. The summed E-state index contributed by atoms with van der Waals surface area (Å²) in [6.07, 6.45) is 4.62. The van der Waals surface area contributed by atoms with Crippen molar-refractivity contribution in [1.82, 2.24) is 15.2 Å². The molecule has 0 radical (unpaired) electrons. The maximum atomic E-state index is 13.8. The zero-order valence-electron chi connectivity index (χ0n) is 21.2. The molecule has 2 aliphatic rings. The Morgan fingerprint density at radius 3 is 2.49 bits per heavy atom. The highest BCUT2D eigenvalue weighted by molar-refractivity contribution is 5.96. The summed E-state index contributed by atoms with van der Waals surface area (Å²) in [7, 11) is 1.50. The lowest BCUT2D eigenvalue weighted by Crippen LogP contribution is -2.49. The first kappa shape index (κ1) is 25.0. The van der Waals surface area contributed by atoms with Gasteiger partial charge in [-0.15, -0.1) is 0 Å². The van der Waals surface area contributed by atoms with Crippen molar-refractivity contribution in [3.63, 3.8) is 0 Å². The SMILES string of the molecule is COc1ncccc1C(=O)NC1CCN(C(=O)[C@H]2CC[C@@](CN)(c3ccccc3)c3ccccc32)CC1. The molecule has 2 amide bonds. The smallest absolute Gasteiger partial charge is 0.256 e. The number of amides is 2. The molecule has 3 N–H and O–H groups in total. The minimum absolute atomic E-state index is 0.00285. The highest BCUT2D eigenvalue weighted by Crippen LogP contribution is 2.47. The first-order chi connectivity index (χ1) is 18.1. The van der Waals surface area contributed by atoms with Gasteiger partial charge in [0.1, 0.15) is 5.56 Å². The molecule has 7 heteroatoms. The van der Waals surface area contributed by atoms with Crippen LogP contribution in [0, 0.1) is 0 Å². The number of pyridine rings is 1. The average molecular weight is 499 g/mol. The molecule has 192 valence electrons. The summed E-state index contributed by atoms with van der Waals surface area (Å²) >= 11 is 0. The fraction of sp³-hybridized carbons (Fsp3) is 0.367. The van der Waals surface area contributed by atoms with E-state index in [-0.39, 0.29) is 29.2 Å². The molecule has 0 spiro atoms. The Bertz CT molecular complexity index is 1260. The molecule has 37 heavy (non-hydrogen) atoms. The molecule has 0 unspecified atom stereocenters. The van der Waals surface area contributed by atoms with Gasteiger partial charge in [0.15, 0.2) is 0 Å². The Hall–Kier alpha value is -3.71. The summed E-state index contributed by atoms with van der Waals surface area (Å²) in [6, 6.07) is 22.2. The largest absolute Gasteiger partial charge is 0.480 e. The number of nitrogens with one attached hydrogen (secondary N) is 1. The van der Waals surface area contributed by atoms with Crippen molar-refractivity contribution in [3.05, 3.63) is 95.2 Å². The van der Waals surface area contributed by atoms with Crippen LogP contribution in [0.25, 0.3) is 0 Å². The van der Waals surface area contributed by atoms with Crippen LogP contribution in [0.1, 0.15) is 58.6 Å². The molecule has 1 saturated heterocycles. The van der Waals surface area contributed by atoms with Crippen LogP contribution < -0.4 is 15.8 Å². The predicted octanol–water partition coefficient (Wildman–Crippen LogP) is 3.63. The molecule has 1 aromatic heterocycles. The highest BCUT2D eigenvalue weighted by Gasteiger charge is 2.43. The number of carbonyl (C=O) groups is 2. The number of carbonyl (C=O) groups excluding carboxylic acids is 2. The lowest BCUT2D eigenvalue weighted by molar-refractivity contribution is -0.134. The zero-order chi connectivity index (χ0) is 25.8. The van der Waals surface area contributed by atoms with E-state index in [0.717, 1.165) is 18.4 Å². The van der Waals surface area contributed by atoms with Crippen LogP contribution >= 0.6 is 0 Å². The number of benzene rings is 2. The maximum Gasteiger partial charge on any atom is 0.256 e. The van der Waals surface area contributed by atoms with Gasteiger partial charge in [-0.05, 0) is 54.5 Å². The van der Waals surface area contributed by atoms with Crippen molar-refractivity contribution in [2.45, 2.75) is 43.1 Å². The molecule has 7 nitrogen and oxygen atoms in total. The van der Waals surface area contributed by atoms with Gasteiger partial charge in [-0.25, -0.2) is 4.98 Å². The van der Waals surface area contributed by atoms with Crippen molar-refractivity contribution in [2.24, 2.45) is 5.73 Å². The van der Waals surface area contributed by atoms with E-state index in [1.807, 2.05) is 23.1 Å². The van der Waals surface area contributed by atoms with Crippen molar-refractivity contribution in [1.29, 1.82) is 0 Å². The Morgan fingerprint density at radius 1 is 1.03 bits per heavy atom. The number of nitrogens with zero attached hydrogens (tertiary/aromatic N) is 2. The number of nitrogens with two attached hydrogens (primary N) is 1. The number of piperidine rings is 1. The second kappa shape index (κ2) is 10.7. The van der Waals surface area contributed by atoms with Crippen LogP contribution in [0.2, 0.25) is 0 Å². The topological polar surface area (TPSA) is 97.5 Å². The Labute approximate surface area is 218 Å². The van der Waals surface area contributed by atoms with Crippen LogP contribution in [0.3, 0.4) is 0 Å². The Balaban J connectivity index is 1.28. The van der Waals surface area contributed by atoms with E-state index < -0.39 is 0 Å². The van der Waals surface area contributed by atoms with Gasteiger partial charge in [0.05, 0.1) is 13.0 Å². The van der Waals surface area contributed by atoms with E-state index in [0.29, 0.717) is 43.9 Å². The summed E-state index contributed by atoms with van der Waals surface area (Å²) in [5, 5.41) is 3.09. The zero-order valence-corrected chi connectivity index (χ0v) is 21.2. The lowest BCUT2D eigenvalue weighted by Gasteiger charge is -2.43. The van der Waals surface area contributed by atoms with Crippen molar-refractivity contribution >= 4 is 11.8 Å². The van der Waals surface area contributed by atoms with Gasteiger partial charge in [-0.2, -0.15) is 0 Å². The normalized spacial score (nSPS) is 21.7. The third kappa shape index (κ3) is 4.71. The molecule has 1 aliphatic heterocycles. The standard InChI is InChI=1S/C30H34N4O3/c1-37-28-25(11-7-17-32-28)27(35)33-22-14-18-34(19-15-22)29(36)24-13-16-30(20-31,21-8-3-2-4-9-21)26-12-6-5-10-23(24)26/h2-12,17,22,24H,13-16,18-20,31H2,1H3,(H,33,35)/t24-,30+/m0/s1. The fourth-order valence-electron chi connectivity index (χ4n) is 6.02. The number of rotatable bonds is 6. The number of hydrogen-bond donors (Lipinski definition) is 2. The summed E-state index contributed by atoms with van der Waals surface area (Å²) in [6.45, 7) is 1.74. The third-order valence-electron chi connectivity index (χ3n) is 8.04. The van der Waals surface area contributed by atoms with Gasteiger partial charge in [0.25, 0.3) is 5.91 Å². The van der Waals surface area contributed by atoms with E-state index in [1.54, 1.807) is 18.3 Å². The van der Waals surface area contributed by atoms with Crippen LogP contribution in [0.15, 0.2) is 72.9 Å². The highest BCUT2D eigenvalue weighted by atomic mass is 16.5. The maximum absolute atomic E-state index is 13.8. The number of likely N-dealkylation sites (tertiary alicyclic amines) is 1. The second-order valence-corrected chi connectivity index (χ2v) is 9.96. The number of aromatic nitrogens is 1. The monoisotopic (exact) mass is 498 g/mol. The molecule has 3 aromatic rings. The average Bonchev–Trinajstić information content (AvgIpc) is 2.97. The van der Waals surface area contributed by atoms with Crippen molar-refractivity contribution in [3.8, 4) is 5.88 Å². The number of fused-ring (bicyclic) bond motifs is 1. The fourth-order valence-corrected chi connectivity index (χ4v) is 6.02. The van der Waals surface area contributed by atoms with Gasteiger partial charge in [0.2, 0.25) is 11.8 Å². The van der Waals surface area contributed by atoms with E-state index >= 15 is 0 Å². The first-order valence-electron chi connectivity index (χ1n) is 13.0.